The highest BCUT2D eigenvalue weighted by Gasteiger charge is 2.56. The first-order valence-electron chi connectivity index (χ1n) is 12.7. The minimum atomic E-state index is -3.87. The number of fused-ring (bicyclic) bond motifs is 2. The summed E-state index contributed by atoms with van der Waals surface area (Å²) in [5.74, 6) is -3.15. The van der Waals surface area contributed by atoms with Gasteiger partial charge in [-0.25, -0.2) is 22.8 Å². The molecular formula is C28H21FN4O7S3. The molecule has 0 bridgehead atoms. The van der Waals surface area contributed by atoms with Gasteiger partial charge in [-0.3, -0.25) is 19.2 Å². The maximum absolute atomic E-state index is 13.8. The average Bonchev–Trinajstić information content (AvgIpc) is 3.46. The highest BCUT2D eigenvalue weighted by atomic mass is 32.2. The Morgan fingerprint density at radius 1 is 1.02 bits per heavy atom. The number of amides is 3. The summed E-state index contributed by atoms with van der Waals surface area (Å²) in [7, 11) is -3.87. The Bertz CT molecular complexity index is 1920. The normalized spacial score (nSPS) is 19.6. The molecular weight excluding hydrogens is 620 g/mol. The van der Waals surface area contributed by atoms with E-state index in [1.165, 1.54) is 48.5 Å². The molecule has 0 radical (unpaired) electrons. The van der Waals surface area contributed by atoms with Gasteiger partial charge in [0, 0.05) is 16.5 Å². The summed E-state index contributed by atoms with van der Waals surface area (Å²) in [5, 5.41) is 7.37. The number of aromatic amines is 1. The van der Waals surface area contributed by atoms with Crippen LogP contribution in [0.1, 0.15) is 16.4 Å². The van der Waals surface area contributed by atoms with Gasteiger partial charge in [-0.2, -0.15) is 0 Å². The molecule has 2 aliphatic heterocycles. The van der Waals surface area contributed by atoms with Crippen LogP contribution in [0.15, 0.2) is 87.5 Å². The molecule has 1 saturated heterocycles. The maximum Gasteiger partial charge on any atom is 0.305 e. The SMILES string of the molecule is NS(=O)(=O)c1ccc(NC(=O)COc2cccc([C@@H]3c4sc(=O)[nH]c4S[C@H]4C(=O)N(c5ccc(F)cc5)C(=O)[C@@H]34)c2)cc1. The number of ether oxygens (including phenoxy) is 1. The summed E-state index contributed by atoms with van der Waals surface area (Å²) in [5.41, 5.74) is 1.19. The predicted molar refractivity (Wildman–Crippen MR) is 157 cm³/mol. The molecule has 3 heterocycles. The Kier molecular flexibility index (Phi) is 7.41. The Balaban J connectivity index is 1.24. The van der Waals surface area contributed by atoms with E-state index in [1.54, 1.807) is 24.3 Å². The topological polar surface area (TPSA) is 169 Å². The lowest BCUT2D eigenvalue weighted by atomic mass is 9.83. The van der Waals surface area contributed by atoms with E-state index in [-0.39, 0.29) is 22.1 Å². The van der Waals surface area contributed by atoms with E-state index >= 15 is 0 Å². The number of thioether (sulfide) groups is 1. The van der Waals surface area contributed by atoms with Crippen molar-refractivity contribution >= 4 is 62.2 Å². The predicted octanol–water partition coefficient (Wildman–Crippen LogP) is 3.04. The molecule has 4 N–H and O–H groups in total. The number of sulfonamides is 1. The molecule has 4 aromatic rings. The zero-order chi connectivity index (χ0) is 30.5. The van der Waals surface area contributed by atoms with Gasteiger partial charge in [0.25, 0.3) is 5.91 Å². The monoisotopic (exact) mass is 640 g/mol. The van der Waals surface area contributed by atoms with Gasteiger partial charge < -0.3 is 15.0 Å². The molecule has 15 heteroatoms. The van der Waals surface area contributed by atoms with Crippen molar-refractivity contribution in [2.24, 2.45) is 11.1 Å². The van der Waals surface area contributed by atoms with Crippen LogP contribution in [0.4, 0.5) is 15.8 Å². The number of primary sulfonamides is 1. The molecule has 0 saturated carbocycles. The van der Waals surface area contributed by atoms with Gasteiger partial charge in [-0.15, -0.1) is 0 Å². The highest BCUT2D eigenvalue weighted by Crippen LogP contribution is 2.53. The number of nitrogens with one attached hydrogen (secondary N) is 2. The van der Waals surface area contributed by atoms with E-state index in [9.17, 15) is 32.0 Å². The van der Waals surface area contributed by atoms with Crippen LogP contribution in [0.3, 0.4) is 0 Å². The number of H-pyrrole nitrogens is 1. The van der Waals surface area contributed by atoms with Crippen molar-refractivity contribution in [1.82, 2.24) is 4.98 Å². The van der Waals surface area contributed by atoms with Crippen molar-refractivity contribution in [3.8, 4) is 5.75 Å². The maximum atomic E-state index is 13.8. The summed E-state index contributed by atoms with van der Waals surface area (Å²) in [6.45, 7) is -0.383. The summed E-state index contributed by atoms with van der Waals surface area (Å²) < 4.78 is 42.1. The zero-order valence-corrected chi connectivity index (χ0v) is 24.3. The number of rotatable bonds is 7. The average molecular weight is 641 g/mol. The number of anilines is 2. The first kappa shape index (κ1) is 28.8. The molecule has 6 rings (SSSR count). The second-order valence-electron chi connectivity index (χ2n) is 9.72. The van der Waals surface area contributed by atoms with Crippen molar-refractivity contribution in [2.45, 2.75) is 21.1 Å². The number of nitrogens with two attached hydrogens (primary N) is 1. The molecule has 0 spiro atoms. The van der Waals surface area contributed by atoms with Gasteiger partial charge in [0.15, 0.2) is 6.61 Å². The molecule has 220 valence electrons. The van der Waals surface area contributed by atoms with Crippen LogP contribution < -0.4 is 25.0 Å². The molecule has 1 fully saturated rings. The van der Waals surface area contributed by atoms with Crippen LogP contribution in [0.5, 0.6) is 5.75 Å². The summed E-state index contributed by atoms with van der Waals surface area (Å²) in [6.07, 6.45) is 0. The van der Waals surface area contributed by atoms with E-state index in [4.69, 9.17) is 9.88 Å². The van der Waals surface area contributed by atoms with Crippen LogP contribution in [-0.2, 0) is 24.4 Å². The van der Waals surface area contributed by atoms with Crippen LogP contribution in [-0.4, -0.2) is 43.0 Å². The smallest absolute Gasteiger partial charge is 0.305 e. The van der Waals surface area contributed by atoms with Crippen LogP contribution in [0.2, 0.25) is 0 Å². The lowest BCUT2D eigenvalue weighted by molar-refractivity contribution is -0.122. The van der Waals surface area contributed by atoms with Gasteiger partial charge in [0.2, 0.25) is 21.8 Å². The Morgan fingerprint density at radius 3 is 2.44 bits per heavy atom. The number of aromatic nitrogens is 1. The fourth-order valence-electron chi connectivity index (χ4n) is 5.09. The molecule has 2 aliphatic rings. The minimum absolute atomic E-state index is 0.0965. The fraction of sp³-hybridized carbons (Fsp3) is 0.143. The number of hydrogen-bond donors (Lipinski definition) is 3. The van der Waals surface area contributed by atoms with Crippen molar-refractivity contribution in [2.75, 3.05) is 16.8 Å². The number of halogens is 1. The van der Waals surface area contributed by atoms with E-state index in [0.29, 0.717) is 26.9 Å². The number of carbonyl (C=O) groups excluding carboxylic acids is 3. The Hall–Kier alpha value is -4.31. The number of nitrogens with zero attached hydrogens (tertiary/aromatic N) is 1. The lowest BCUT2D eigenvalue weighted by Gasteiger charge is -2.30. The molecule has 43 heavy (non-hydrogen) atoms. The van der Waals surface area contributed by atoms with Crippen molar-refractivity contribution < 1.29 is 31.9 Å². The van der Waals surface area contributed by atoms with Gasteiger partial charge >= 0.3 is 4.87 Å². The Labute approximate surface area is 251 Å². The third-order valence-corrected chi connectivity index (χ3v) is 10.3. The van der Waals surface area contributed by atoms with Crippen LogP contribution in [0.25, 0.3) is 0 Å². The highest BCUT2D eigenvalue weighted by molar-refractivity contribution is 8.00. The molecule has 1 aromatic heterocycles. The first-order valence-corrected chi connectivity index (χ1v) is 15.9. The third-order valence-electron chi connectivity index (χ3n) is 6.96. The van der Waals surface area contributed by atoms with E-state index < -0.39 is 50.6 Å². The van der Waals surface area contributed by atoms with Crippen LogP contribution in [0, 0.1) is 11.7 Å². The number of hydrogen-bond acceptors (Lipinski definition) is 9. The van der Waals surface area contributed by atoms with Crippen molar-refractivity contribution in [3.05, 3.63) is 98.7 Å². The van der Waals surface area contributed by atoms with E-state index in [2.05, 4.69) is 10.3 Å². The quantitative estimate of drug-likeness (QED) is 0.259. The number of benzene rings is 3. The molecule has 3 aromatic carbocycles. The van der Waals surface area contributed by atoms with E-state index in [1.807, 2.05) is 0 Å². The summed E-state index contributed by atoms with van der Waals surface area (Å²) in [4.78, 5) is 56.1. The third kappa shape index (κ3) is 5.59. The van der Waals surface area contributed by atoms with E-state index in [0.717, 1.165) is 28.0 Å². The fourth-order valence-corrected chi connectivity index (χ4v) is 8.12. The number of carbonyl (C=O) groups is 3. The van der Waals surface area contributed by atoms with Crippen LogP contribution >= 0.6 is 23.1 Å². The zero-order valence-electron chi connectivity index (χ0n) is 21.9. The largest absolute Gasteiger partial charge is 0.484 e. The minimum Gasteiger partial charge on any atom is -0.484 e. The molecule has 3 amide bonds. The first-order chi connectivity index (χ1) is 20.5. The second kappa shape index (κ2) is 11.1. The summed E-state index contributed by atoms with van der Waals surface area (Å²) >= 11 is 2.08. The molecule has 11 nitrogen and oxygen atoms in total. The molecule has 0 aliphatic carbocycles. The molecule has 0 unspecified atom stereocenters. The number of imide groups is 1. The summed E-state index contributed by atoms with van der Waals surface area (Å²) in [6, 6.07) is 17.1. The number of thiazole rings is 1. The van der Waals surface area contributed by atoms with Gasteiger partial charge in [0.05, 0.1) is 21.5 Å². The lowest BCUT2D eigenvalue weighted by Crippen LogP contribution is -2.32. The van der Waals surface area contributed by atoms with Gasteiger partial charge in [0.1, 0.15) is 16.8 Å². The van der Waals surface area contributed by atoms with Gasteiger partial charge in [-0.05, 0) is 66.2 Å². The second-order valence-corrected chi connectivity index (χ2v) is 13.4. The van der Waals surface area contributed by atoms with Crippen molar-refractivity contribution in [3.63, 3.8) is 0 Å². The van der Waals surface area contributed by atoms with Crippen molar-refractivity contribution in [1.29, 1.82) is 0 Å². The standard InChI is InChI=1S/C28H21FN4O7S3/c29-15-4-8-17(9-5-15)33-26(35)22-21(23-25(32-28(37)42-23)41-24(22)27(33)36)14-2-1-3-18(12-14)40-13-20(34)31-16-6-10-19(11-7-16)43(30,38)39/h1-12,21-22,24H,13H2,(H,31,34)(H,32,37)(H2,30,38,39)/t21-,22-,24+/m0/s1. The Morgan fingerprint density at radius 2 is 1.74 bits per heavy atom. The molecule has 3 atom stereocenters. The van der Waals surface area contributed by atoms with Gasteiger partial charge in [-0.1, -0.05) is 35.2 Å².